The summed E-state index contributed by atoms with van der Waals surface area (Å²) in [5, 5.41) is 27.9. The monoisotopic (exact) mass is 169 g/mol. The number of nitriles is 1. The van der Waals surface area contributed by atoms with E-state index in [-0.39, 0.29) is 0 Å². The Bertz CT molecular complexity index is 221. The van der Waals surface area contributed by atoms with Crippen molar-refractivity contribution in [2.75, 3.05) is 13.1 Å². The smallest absolute Gasteiger partial charge is 0.205 e. The molecule has 5 nitrogen and oxygen atoms in total. The minimum Gasteiger partial charge on any atom is -0.387 e. The van der Waals surface area contributed by atoms with E-state index in [9.17, 15) is 5.11 Å². The fourth-order valence-corrected chi connectivity index (χ4v) is 1.15. The van der Waals surface area contributed by atoms with Crippen molar-refractivity contribution in [3.05, 3.63) is 0 Å². The zero-order valence-corrected chi connectivity index (χ0v) is 6.64. The maximum Gasteiger partial charge on any atom is 0.205 e. The number of hydrogen-bond donors (Lipinski definition) is 2. The highest BCUT2D eigenvalue weighted by Crippen LogP contribution is 2.07. The van der Waals surface area contributed by atoms with Crippen molar-refractivity contribution in [1.29, 1.82) is 5.26 Å². The highest BCUT2D eigenvalue weighted by Gasteiger charge is 2.19. The van der Waals surface area contributed by atoms with Crippen LogP contribution in [-0.2, 0) is 0 Å². The maximum absolute atomic E-state index is 9.38. The lowest BCUT2D eigenvalue weighted by Crippen LogP contribution is -2.20. The van der Waals surface area contributed by atoms with Gasteiger partial charge in [-0.2, -0.15) is 15.3 Å². The first-order valence-corrected chi connectivity index (χ1v) is 3.81. The van der Waals surface area contributed by atoms with Crippen LogP contribution < -0.4 is 0 Å². The van der Waals surface area contributed by atoms with Crippen molar-refractivity contribution in [2.24, 2.45) is 4.99 Å². The second kappa shape index (κ2) is 4.16. The Morgan fingerprint density at radius 2 is 2.33 bits per heavy atom. The quantitative estimate of drug-likeness (QED) is 0.490. The second-order valence-corrected chi connectivity index (χ2v) is 2.71. The maximum atomic E-state index is 9.38. The predicted molar refractivity (Wildman–Crippen MR) is 41.6 cm³/mol. The predicted octanol–water partition coefficient (Wildman–Crippen LogP) is -0.246. The first-order chi connectivity index (χ1) is 5.74. The third-order valence-corrected chi connectivity index (χ3v) is 1.86. The van der Waals surface area contributed by atoms with Gasteiger partial charge in [-0.3, -0.25) is 0 Å². The fourth-order valence-electron chi connectivity index (χ4n) is 1.15. The summed E-state index contributed by atoms with van der Waals surface area (Å²) in [6.45, 7) is 0.850. The zero-order valence-electron chi connectivity index (χ0n) is 6.64. The molecule has 1 fully saturated rings. The van der Waals surface area contributed by atoms with Crippen molar-refractivity contribution < 1.29 is 10.3 Å². The molecule has 1 rings (SSSR count). The van der Waals surface area contributed by atoms with Crippen molar-refractivity contribution in [3.63, 3.8) is 0 Å². The molecule has 0 bridgehead atoms. The molecule has 12 heavy (non-hydrogen) atoms. The molecule has 0 aromatic carbocycles. The Morgan fingerprint density at radius 3 is 3.00 bits per heavy atom. The van der Waals surface area contributed by atoms with Crippen LogP contribution in [-0.4, -0.2) is 40.3 Å². The van der Waals surface area contributed by atoms with E-state index in [1.807, 2.05) is 0 Å². The molecular formula is C7H11N3O2. The van der Waals surface area contributed by atoms with Crippen LogP contribution in [0.1, 0.15) is 12.8 Å². The molecule has 66 valence electrons. The van der Waals surface area contributed by atoms with Crippen LogP contribution in [0.5, 0.6) is 0 Å². The summed E-state index contributed by atoms with van der Waals surface area (Å²) in [4.78, 5) is 3.49. The molecule has 1 atom stereocenters. The van der Waals surface area contributed by atoms with E-state index in [4.69, 9.17) is 10.5 Å². The van der Waals surface area contributed by atoms with Gasteiger partial charge in [0.15, 0.2) is 0 Å². The van der Waals surface area contributed by atoms with Crippen molar-refractivity contribution in [1.82, 2.24) is 5.06 Å². The Balaban J connectivity index is 2.63. The molecule has 0 saturated carbocycles. The van der Waals surface area contributed by atoms with E-state index in [1.165, 1.54) is 0 Å². The molecule has 1 heterocycles. The van der Waals surface area contributed by atoms with Gasteiger partial charge in [-0.1, -0.05) is 0 Å². The van der Waals surface area contributed by atoms with Crippen LogP contribution in [0.15, 0.2) is 4.99 Å². The van der Waals surface area contributed by atoms with Crippen LogP contribution in [0.3, 0.4) is 0 Å². The highest BCUT2D eigenvalue weighted by molar-refractivity contribution is 5.89. The molecule has 1 aliphatic heterocycles. The normalized spacial score (nSPS) is 29.8. The summed E-state index contributed by atoms with van der Waals surface area (Å²) < 4.78 is 0. The molecule has 0 spiro atoms. The lowest BCUT2D eigenvalue weighted by Gasteiger charge is -2.08. The van der Waals surface area contributed by atoms with Gasteiger partial charge in [-0.05, 0) is 6.42 Å². The molecule has 0 aliphatic carbocycles. The van der Waals surface area contributed by atoms with E-state index < -0.39 is 6.10 Å². The van der Waals surface area contributed by atoms with Crippen LogP contribution in [0, 0.1) is 11.5 Å². The highest BCUT2D eigenvalue weighted by atomic mass is 16.5. The summed E-state index contributed by atoms with van der Waals surface area (Å²) in [5.74, 6) is 0. The molecule has 1 unspecified atom stereocenters. The van der Waals surface area contributed by atoms with Crippen molar-refractivity contribution in [2.45, 2.75) is 18.9 Å². The molecule has 0 aromatic rings. The van der Waals surface area contributed by atoms with Gasteiger partial charge in [0.05, 0.1) is 11.8 Å². The topological polar surface area (TPSA) is 79.9 Å². The summed E-state index contributed by atoms with van der Waals surface area (Å²) in [5.41, 5.74) is 0.467. The number of aliphatic hydroxyl groups excluding tert-OH is 1. The lowest BCUT2D eigenvalue weighted by molar-refractivity contribution is -0.0888. The summed E-state index contributed by atoms with van der Waals surface area (Å²) in [6, 6.07) is 0. The molecule has 0 radical (unpaired) electrons. The van der Waals surface area contributed by atoms with Gasteiger partial charge in [0.1, 0.15) is 0 Å². The van der Waals surface area contributed by atoms with Gasteiger partial charge in [0.2, 0.25) is 6.19 Å². The van der Waals surface area contributed by atoms with Gasteiger partial charge in [-0.25, -0.2) is 0 Å². The number of aliphatic hydroxyl groups is 1. The average molecular weight is 169 g/mol. The zero-order chi connectivity index (χ0) is 8.97. The summed E-state index contributed by atoms with van der Waals surface area (Å²) in [7, 11) is 0. The molecule has 0 aromatic heterocycles. The molecule has 5 heteroatoms. The second-order valence-electron chi connectivity index (χ2n) is 2.71. The van der Waals surface area contributed by atoms with Crippen LogP contribution in [0.2, 0.25) is 0 Å². The van der Waals surface area contributed by atoms with Crippen LogP contribution in [0.25, 0.3) is 0 Å². The first kappa shape index (κ1) is 9.13. The van der Waals surface area contributed by atoms with Gasteiger partial charge in [-0.15, -0.1) is 0 Å². The van der Waals surface area contributed by atoms with Crippen LogP contribution in [0.4, 0.5) is 0 Å². The Morgan fingerprint density at radius 1 is 1.58 bits per heavy atom. The minimum atomic E-state index is -0.679. The van der Waals surface area contributed by atoms with E-state index in [0.717, 1.165) is 5.06 Å². The number of hydroxylamine groups is 2. The Kier molecular flexibility index (Phi) is 3.17. The molecule has 1 saturated heterocycles. The molecule has 0 amide bonds. The Hall–Kier alpha value is -0.960. The summed E-state index contributed by atoms with van der Waals surface area (Å²) >= 11 is 0. The van der Waals surface area contributed by atoms with Gasteiger partial charge in [0.25, 0.3) is 0 Å². The van der Waals surface area contributed by atoms with Crippen LogP contribution >= 0.6 is 0 Å². The summed E-state index contributed by atoms with van der Waals surface area (Å²) in [6.07, 6.45) is 1.84. The largest absolute Gasteiger partial charge is 0.387 e. The standard InChI is InChI=1S/C7H11N3O2/c8-5-9-6-1-3-10(12)4-2-7(6)11/h7,11-12H,1-4H2. The minimum absolute atomic E-state index is 0.422. The fraction of sp³-hybridized carbons (Fsp3) is 0.714. The number of hydrogen-bond acceptors (Lipinski definition) is 5. The van der Waals surface area contributed by atoms with Gasteiger partial charge < -0.3 is 10.3 Å². The Labute approximate surface area is 70.5 Å². The van der Waals surface area contributed by atoms with E-state index >= 15 is 0 Å². The average Bonchev–Trinajstić information content (AvgIpc) is 2.20. The third-order valence-electron chi connectivity index (χ3n) is 1.86. The molecular weight excluding hydrogens is 158 g/mol. The van der Waals surface area contributed by atoms with Crippen molar-refractivity contribution in [3.8, 4) is 6.19 Å². The number of aliphatic imine (C=N–C) groups is 1. The number of nitrogens with zero attached hydrogens (tertiary/aromatic N) is 3. The molecule has 1 aliphatic rings. The number of rotatable bonds is 0. The molecule has 2 N–H and O–H groups in total. The third kappa shape index (κ3) is 2.27. The lowest BCUT2D eigenvalue weighted by atomic mass is 10.1. The SMILES string of the molecule is N#CN=C1CCN(O)CCC1O. The van der Waals surface area contributed by atoms with Crippen molar-refractivity contribution >= 4 is 5.71 Å². The van der Waals surface area contributed by atoms with Gasteiger partial charge >= 0.3 is 0 Å². The van der Waals surface area contributed by atoms with Gasteiger partial charge in [0, 0.05) is 19.5 Å². The first-order valence-electron chi connectivity index (χ1n) is 3.81. The van der Waals surface area contributed by atoms with E-state index in [2.05, 4.69) is 4.99 Å². The van der Waals surface area contributed by atoms with E-state index in [1.54, 1.807) is 6.19 Å². The van der Waals surface area contributed by atoms with E-state index in [0.29, 0.717) is 31.6 Å².